The minimum Gasteiger partial charge on any atom is -0.299 e. The zero-order chi connectivity index (χ0) is 22.4. The summed E-state index contributed by atoms with van der Waals surface area (Å²) in [5, 5.41) is 0.212. The lowest BCUT2D eigenvalue weighted by molar-refractivity contribution is -0.131. The van der Waals surface area contributed by atoms with Crippen LogP contribution in [-0.2, 0) is 10.3 Å². The number of hydrogen-bond donors (Lipinski definition) is 0. The van der Waals surface area contributed by atoms with Gasteiger partial charge in [-0.15, -0.1) is 11.8 Å². The van der Waals surface area contributed by atoms with Gasteiger partial charge < -0.3 is 0 Å². The first-order valence-corrected chi connectivity index (χ1v) is 12.8. The van der Waals surface area contributed by atoms with Gasteiger partial charge in [0.05, 0.1) is 17.1 Å². The number of anilines is 1. The molecule has 0 aliphatic carbocycles. The van der Waals surface area contributed by atoms with E-state index in [9.17, 15) is 4.79 Å². The fourth-order valence-corrected chi connectivity index (χ4v) is 7.06. The molecule has 4 aromatic rings. The van der Waals surface area contributed by atoms with Crippen molar-refractivity contribution in [2.75, 3.05) is 4.90 Å². The van der Waals surface area contributed by atoms with Crippen LogP contribution in [0.15, 0.2) is 119 Å². The fourth-order valence-electron chi connectivity index (χ4n) is 5.42. The maximum absolute atomic E-state index is 13.9. The molecule has 0 unspecified atom stereocenters. The Morgan fingerprint density at radius 2 is 1.39 bits per heavy atom. The molecule has 2 aliphatic heterocycles. The highest BCUT2D eigenvalue weighted by Crippen LogP contribution is 2.63. The Morgan fingerprint density at radius 1 is 0.758 bits per heavy atom. The molecular formula is C29H22BrNOS. The molecule has 0 saturated carbocycles. The fraction of sp³-hybridized carbons (Fsp3) is 0.138. The molecule has 4 aromatic carbocycles. The van der Waals surface area contributed by atoms with Crippen molar-refractivity contribution in [3.63, 3.8) is 0 Å². The van der Waals surface area contributed by atoms with Crippen molar-refractivity contribution < 1.29 is 4.79 Å². The van der Waals surface area contributed by atoms with Crippen LogP contribution in [0.4, 0.5) is 5.69 Å². The van der Waals surface area contributed by atoms with Gasteiger partial charge in [0.1, 0.15) is 0 Å². The van der Waals surface area contributed by atoms with Gasteiger partial charge in [0.2, 0.25) is 5.91 Å². The third kappa shape index (κ3) is 3.27. The van der Waals surface area contributed by atoms with Crippen molar-refractivity contribution in [1.82, 2.24) is 0 Å². The van der Waals surface area contributed by atoms with E-state index in [1.807, 2.05) is 42.1 Å². The molecule has 1 fully saturated rings. The Bertz CT molecular complexity index is 1310. The number of carbonyl (C=O) groups excluding carboxylic acids is 1. The second-order valence-corrected chi connectivity index (χ2v) is 10.8. The Balaban J connectivity index is 1.60. The zero-order valence-electron chi connectivity index (χ0n) is 17.9. The monoisotopic (exact) mass is 511 g/mol. The number of para-hydroxylation sites is 1. The van der Waals surface area contributed by atoms with Gasteiger partial charge in [-0.05, 0) is 47.4 Å². The molecule has 3 atom stereocenters. The predicted octanol–water partition coefficient (Wildman–Crippen LogP) is 7.71. The molecule has 4 heteroatoms. The van der Waals surface area contributed by atoms with E-state index >= 15 is 0 Å². The molecule has 0 bridgehead atoms. The zero-order valence-corrected chi connectivity index (χ0v) is 20.3. The number of nitrogens with zero attached hydrogens (tertiary/aromatic N) is 1. The van der Waals surface area contributed by atoms with E-state index in [2.05, 4.69) is 99.7 Å². The molecule has 0 N–H and O–H groups in total. The van der Waals surface area contributed by atoms with Gasteiger partial charge in [0, 0.05) is 14.6 Å². The molecule has 0 spiro atoms. The molecular weight excluding hydrogens is 490 g/mol. The molecule has 2 nitrogen and oxygen atoms in total. The number of thioether (sulfide) groups is 1. The second kappa shape index (κ2) is 8.19. The van der Waals surface area contributed by atoms with Crippen molar-refractivity contribution in [1.29, 1.82) is 0 Å². The van der Waals surface area contributed by atoms with Crippen molar-refractivity contribution in [2.45, 2.75) is 28.0 Å². The molecule has 2 heterocycles. The van der Waals surface area contributed by atoms with Gasteiger partial charge in [-0.3, -0.25) is 9.69 Å². The Labute approximate surface area is 206 Å². The lowest BCUT2D eigenvalue weighted by atomic mass is 9.63. The van der Waals surface area contributed by atoms with Crippen molar-refractivity contribution in [3.05, 3.63) is 130 Å². The van der Waals surface area contributed by atoms with Crippen LogP contribution in [0.1, 0.15) is 34.3 Å². The van der Waals surface area contributed by atoms with Crippen molar-refractivity contribution >= 4 is 39.3 Å². The van der Waals surface area contributed by atoms with Crippen LogP contribution in [0.3, 0.4) is 0 Å². The molecule has 0 radical (unpaired) electrons. The molecule has 162 valence electrons. The second-order valence-electron chi connectivity index (χ2n) is 8.64. The van der Waals surface area contributed by atoms with Crippen LogP contribution in [0, 0.1) is 0 Å². The highest BCUT2D eigenvalue weighted by Gasteiger charge is 2.63. The third-order valence-corrected chi connectivity index (χ3v) is 8.72. The highest BCUT2D eigenvalue weighted by atomic mass is 79.9. The molecule has 6 rings (SSSR count). The van der Waals surface area contributed by atoms with Crippen molar-refractivity contribution in [2.24, 2.45) is 0 Å². The maximum atomic E-state index is 13.9. The van der Waals surface area contributed by atoms with E-state index in [1.165, 1.54) is 11.1 Å². The van der Waals surface area contributed by atoms with Gasteiger partial charge in [-0.25, -0.2) is 0 Å². The number of hydrogen-bond acceptors (Lipinski definition) is 2. The number of rotatable bonds is 3. The van der Waals surface area contributed by atoms with Crippen molar-refractivity contribution in [3.8, 4) is 0 Å². The number of halogens is 1. The van der Waals surface area contributed by atoms with E-state index < -0.39 is 5.54 Å². The maximum Gasteiger partial charge on any atom is 0.238 e. The summed E-state index contributed by atoms with van der Waals surface area (Å²) in [7, 11) is 0. The summed E-state index contributed by atoms with van der Waals surface area (Å²) < 4.78 is 1.07. The smallest absolute Gasteiger partial charge is 0.238 e. The Hall–Kier alpha value is -2.82. The summed E-state index contributed by atoms with van der Waals surface area (Å²) in [6.45, 7) is 0. The molecule has 2 aliphatic rings. The summed E-state index contributed by atoms with van der Waals surface area (Å²) in [6.07, 6.45) is 0.837. The van der Waals surface area contributed by atoms with Gasteiger partial charge in [0.15, 0.2) is 0 Å². The normalized spacial score (nSPS) is 23.8. The summed E-state index contributed by atoms with van der Waals surface area (Å²) in [5.41, 5.74) is 4.13. The standard InChI is InChI=1S/C29H22BrNOS/c30-23-17-15-20(16-18-23)26-19-29(22-11-5-2-6-12-22)27(21-9-3-1-4-10-21)28(32)31(29)24-13-7-8-14-25(24)33-26/h1-18,26-27H,19H2/t26-,27-,29-/m1/s1. The number of carbonyl (C=O) groups is 1. The number of benzene rings is 4. The van der Waals surface area contributed by atoms with Gasteiger partial charge in [-0.2, -0.15) is 0 Å². The minimum absolute atomic E-state index is 0.176. The summed E-state index contributed by atoms with van der Waals surface area (Å²) in [4.78, 5) is 17.1. The summed E-state index contributed by atoms with van der Waals surface area (Å²) in [6, 6.07) is 37.9. The Morgan fingerprint density at radius 3 is 2.12 bits per heavy atom. The van der Waals surface area contributed by atoms with Gasteiger partial charge >= 0.3 is 0 Å². The number of fused-ring (bicyclic) bond motifs is 3. The summed E-state index contributed by atoms with van der Waals surface area (Å²) >= 11 is 5.45. The van der Waals surface area contributed by atoms with E-state index in [0.29, 0.717) is 0 Å². The van der Waals surface area contributed by atoms with Crippen LogP contribution >= 0.6 is 27.7 Å². The van der Waals surface area contributed by atoms with Crippen LogP contribution < -0.4 is 4.90 Å². The minimum atomic E-state index is -0.447. The van der Waals surface area contributed by atoms with Crippen LogP contribution in [0.2, 0.25) is 0 Å². The average Bonchev–Trinajstić information content (AvgIpc) is 2.98. The third-order valence-electron chi connectivity index (χ3n) is 6.86. The molecule has 33 heavy (non-hydrogen) atoms. The number of β-lactam (4-membered cyclic amide) rings is 1. The average molecular weight is 512 g/mol. The number of amides is 1. The van der Waals surface area contributed by atoms with E-state index in [1.54, 1.807) is 0 Å². The Kier molecular flexibility index (Phi) is 5.16. The van der Waals surface area contributed by atoms with E-state index in [4.69, 9.17) is 0 Å². The topological polar surface area (TPSA) is 20.3 Å². The largest absolute Gasteiger partial charge is 0.299 e. The molecule has 1 amide bonds. The first kappa shape index (κ1) is 20.8. The lowest BCUT2D eigenvalue weighted by Crippen LogP contribution is -2.67. The SMILES string of the molecule is O=C1[C@@H](c2ccccc2)[C@]2(c3ccccc3)C[C@H](c3ccc(Br)cc3)Sc3ccccc3N12. The van der Waals surface area contributed by atoms with Gasteiger partial charge in [-0.1, -0.05) is 101 Å². The van der Waals surface area contributed by atoms with Crippen LogP contribution in [-0.4, -0.2) is 5.91 Å². The van der Waals surface area contributed by atoms with E-state index in [0.717, 1.165) is 27.0 Å². The van der Waals surface area contributed by atoms with E-state index in [-0.39, 0.29) is 17.1 Å². The van der Waals surface area contributed by atoms with Crippen LogP contribution in [0.5, 0.6) is 0 Å². The first-order chi connectivity index (χ1) is 16.2. The first-order valence-electron chi connectivity index (χ1n) is 11.1. The quantitative estimate of drug-likeness (QED) is 0.262. The predicted molar refractivity (Wildman–Crippen MR) is 139 cm³/mol. The summed E-state index contributed by atoms with van der Waals surface area (Å²) in [5.74, 6) is -0.0413. The van der Waals surface area contributed by atoms with Crippen LogP contribution in [0.25, 0.3) is 0 Å². The molecule has 0 aromatic heterocycles. The van der Waals surface area contributed by atoms with Gasteiger partial charge in [0.25, 0.3) is 0 Å². The lowest BCUT2D eigenvalue weighted by Gasteiger charge is -2.58. The molecule has 1 saturated heterocycles. The highest BCUT2D eigenvalue weighted by molar-refractivity contribution is 9.10.